The highest BCUT2D eigenvalue weighted by Gasteiger charge is 2.36. The maximum absolute atomic E-state index is 9.30. The molecule has 0 spiro atoms. The predicted octanol–water partition coefficient (Wildman–Crippen LogP) is 0.705. The maximum atomic E-state index is 9.30. The Morgan fingerprint density at radius 3 is 3.10 bits per heavy atom. The molecule has 21 heavy (non-hydrogen) atoms. The van der Waals surface area contributed by atoms with Gasteiger partial charge in [-0.15, -0.1) is 0 Å². The van der Waals surface area contributed by atoms with Crippen molar-refractivity contribution in [2.75, 3.05) is 43.0 Å². The Morgan fingerprint density at radius 1 is 1.48 bits per heavy atom. The second-order valence-corrected chi connectivity index (χ2v) is 6.93. The molecule has 0 saturated carbocycles. The van der Waals surface area contributed by atoms with Gasteiger partial charge in [-0.1, -0.05) is 13.8 Å². The van der Waals surface area contributed by atoms with Gasteiger partial charge in [0.2, 0.25) is 5.95 Å². The molecule has 6 heteroatoms. The third-order valence-electron chi connectivity index (χ3n) is 4.48. The van der Waals surface area contributed by atoms with Crippen molar-refractivity contribution >= 4 is 11.8 Å². The van der Waals surface area contributed by atoms with E-state index in [9.17, 15) is 5.11 Å². The minimum absolute atomic E-state index is 0.140. The number of nitrogens with one attached hydrogen (secondary N) is 2. The van der Waals surface area contributed by atoms with Gasteiger partial charge in [-0.05, 0) is 24.9 Å². The normalized spacial score (nSPS) is 25.2. The van der Waals surface area contributed by atoms with E-state index in [-0.39, 0.29) is 12.0 Å². The lowest BCUT2D eigenvalue weighted by molar-refractivity contribution is 0.170. The molecule has 2 fully saturated rings. The van der Waals surface area contributed by atoms with E-state index in [1.807, 2.05) is 19.9 Å². The molecule has 2 aliphatic heterocycles. The van der Waals surface area contributed by atoms with Crippen LogP contribution in [0.1, 0.15) is 20.3 Å². The van der Waals surface area contributed by atoms with Gasteiger partial charge in [0.15, 0.2) is 0 Å². The molecule has 116 valence electrons. The molecule has 0 aromatic carbocycles. The Bertz CT molecular complexity index is 481. The summed E-state index contributed by atoms with van der Waals surface area (Å²) >= 11 is 0. The van der Waals surface area contributed by atoms with Crippen LogP contribution >= 0.6 is 0 Å². The van der Waals surface area contributed by atoms with Gasteiger partial charge in [-0.2, -0.15) is 4.98 Å². The Labute approximate surface area is 126 Å². The summed E-state index contributed by atoms with van der Waals surface area (Å²) in [5, 5.41) is 16.1. The van der Waals surface area contributed by atoms with Crippen LogP contribution in [0.25, 0.3) is 0 Å². The van der Waals surface area contributed by atoms with Crippen LogP contribution in [-0.4, -0.2) is 53.9 Å². The zero-order chi connectivity index (χ0) is 14.9. The van der Waals surface area contributed by atoms with E-state index < -0.39 is 0 Å². The average molecular weight is 291 g/mol. The summed E-state index contributed by atoms with van der Waals surface area (Å²) in [6.45, 7) is 8.07. The largest absolute Gasteiger partial charge is 0.396 e. The van der Waals surface area contributed by atoms with Crippen molar-refractivity contribution in [1.82, 2.24) is 15.3 Å². The lowest BCUT2D eigenvalue weighted by Crippen LogP contribution is -2.31. The van der Waals surface area contributed by atoms with Gasteiger partial charge in [-0.3, -0.25) is 0 Å². The minimum atomic E-state index is -0.173. The molecule has 6 nitrogen and oxygen atoms in total. The molecule has 3 N–H and O–H groups in total. The smallest absolute Gasteiger partial charge is 0.224 e. The van der Waals surface area contributed by atoms with E-state index >= 15 is 0 Å². The fourth-order valence-electron chi connectivity index (χ4n) is 3.02. The minimum Gasteiger partial charge on any atom is -0.396 e. The SMILES string of the molecule is CC(C)(CO)CNc1nccc(N2C[C@H]3CCN[C@H]3C2)n1. The van der Waals surface area contributed by atoms with Crippen molar-refractivity contribution in [2.24, 2.45) is 11.3 Å². The Balaban J connectivity index is 1.64. The molecule has 1 aromatic heterocycles. The molecule has 0 radical (unpaired) electrons. The molecular weight excluding hydrogens is 266 g/mol. The summed E-state index contributed by atoms with van der Waals surface area (Å²) in [5.74, 6) is 2.38. The molecule has 3 heterocycles. The monoisotopic (exact) mass is 291 g/mol. The molecule has 0 bridgehead atoms. The lowest BCUT2D eigenvalue weighted by Gasteiger charge is -2.23. The first-order valence-electron chi connectivity index (χ1n) is 7.73. The van der Waals surface area contributed by atoms with E-state index in [0.717, 1.165) is 31.4 Å². The Morgan fingerprint density at radius 2 is 2.33 bits per heavy atom. The second kappa shape index (κ2) is 5.77. The number of aromatic nitrogens is 2. The van der Waals surface area contributed by atoms with E-state index in [2.05, 4.69) is 25.5 Å². The maximum Gasteiger partial charge on any atom is 0.224 e. The number of aliphatic hydroxyl groups excluding tert-OH is 1. The number of hydrogen-bond acceptors (Lipinski definition) is 6. The van der Waals surface area contributed by atoms with Crippen molar-refractivity contribution in [1.29, 1.82) is 0 Å². The Hall–Kier alpha value is -1.40. The fraction of sp³-hybridized carbons (Fsp3) is 0.733. The first kappa shape index (κ1) is 14.5. The van der Waals surface area contributed by atoms with Crippen molar-refractivity contribution < 1.29 is 5.11 Å². The lowest BCUT2D eigenvalue weighted by atomic mass is 9.95. The number of hydrogen-bond donors (Lipinski definition) is 3. The number of anilines is 2. The van der Waals surface area contributed by atoms with Crippen molar-refractivity contribution in [2.45, 2.75) is 26.3 Å². The highest BCUT2D eigenvalue weighted by Crippen LogP contribution is 2.28. The van der Waals surface area contributed by atoms with E-state index in [4.69, 9.17) is 0 Å². The average Bonchev–Trinajstić information content (AvgIpc) is 3.07. The zero-order valence-electron chi connectivity index (χ0n) is 12.8. The fourth-order valence-corrected chi connectivity index (χ4v) is 3.02. The number of fused-ring (bicyclic) bond motifs is 1. The molecule has 0 unspecified atom stereocenters. The third-order valence-corrected chi connectivity index (χ3v) is 4.48. The van der Waals surface area contributed by atoms with Gasteiger partial charge >= 0.3 is 0 Å². The summed E-state index contributed by atoms with van der Waals surface area (Å²) in [4.78, 5) is 11.2. The summed E-state index contributed by atoms with van der Waals surface area (Å²) in [6.07, 6.45) is 3.07. The molecule has 3 rings (SSSR count). The molecule has 1 aromatic rings. The van der Waals surface area contributed by atoms with Gasteiger partial charge < -0.3 is 20.6 Å². The quantitative estimate of drug-likeness (QED) is 0.742. The van der Waals surface area contributed by atoms with Crippen LogP contribution in [0, 0.1) is 11.3 Å². The van der Waals surface area contributed by atoms with Gasteiger partial charge in [0.1, 0.15) is 5.82 Å². The molecular formula is C15H25N5O. The van der Waals surface area contributed by atoms with Crippen LogP contribution in [-0.2, 0) is 0 Å². The van der Waals surface area contributed by atoms with Gasteiger partial charge in [0.25, 0.3) is 0 Å². The van der Waals surface area contributed by atoms with Crippen molar-refractivity contribution in [3.63, 3.8) is 0 Å². The van der Waals surface area contributed by atoms with Crippen molar-refractivity contribution in [3.05, 3.63) is 12.3 Å². The van der Waals surface area contributed by atoms with Crippen molar-refractivity contribution in [3.8, 4) is 0 Å². The summed E-state index contributed by atoms with van der Waals surface area (Å²) in [7, 11) is 0. The summed E-state index contributed by atoms with van der Waals surface area (Å²) in [5.41, 5.74) is -0.173. The van der Waals surface area contributed by atoms with Crippen LogP contribution in [0.5, 0.6) is 0 Å². The summed E-state index contributed by atoms with van der Waals surface area (Å²) < 4.78 is 0. The first-order valence-corrected chi connectivity index (χ1v) is 7.73. The topological polar surface area (TPSA) is 73.3 Å². The standard InChI is InChI=1S/C15H25N5O/c1-15(2,10-21)9-18-14-17-6-4-13(19-14)20-7-11-3-5-16-12(11)8-20/h4,6,11-12,16,21H,3,5,7-10H2,1-2H3,(H,17,18,19)/t11-,12+/m1/s1. The molecule has 2 saturated heterocycles. The van der Waals surface area contributed by atoms with E-state index in [1.54, 1.807) is 6.20 Å². The van der Waals surface area contributed by atoms with Crippen LogP contribution in [0.15, 0.2) is 12.3 Å². The highest BCUT2D eigenvalue weighted by atomic mass is 16.3. The molecule has 0 aliphatic carbocycles. The third kappa shape index (κ3) is 3.27. The number of aliphatic hydroxyl groups is 1. The summed E-state index contributed by atoms with van der Waals surface area (Å²) in [6, 6.07) is 2.59. The van der Waals surface area contributed by atoms with Gasteiger partial charge in [-0.25, -0.2) is 4.98 Å². The van der Waals surface area contributed by atoms with E-state index in [1.165, 1.54) is 6.42 Å². The number of rotatable bonds is 5. The van der Waals surface area contributed by atoms with Crippen LogP contribution in [0.2, 0.25) is 0 Å². The van der Waals surface area contributed by atoms with Crippen LogP contribution < -0.4 is 15.5 Å². The molecule has 0 amide bonds. The van der Waals surface area contributed by atoms with Gasteiger partial charge in [0, 0.05) is 43.9 Å². The second-order valence-electron chi connectivity index (χ2n) is 6.93. The van der Waals surface area contributed by atoms with E-state index in [0.29, 0.717) is 18.5 Å². The molecule has 2 atom stereocenters. The van der Waals surface area contributed by atoms with Crippen LogP contribution in [0.4, 0.5) is 11.8 Å². The molecule has 2 aliphatic rings. The number of nitrogens with zero attached hydrogens (tertiary/aromatic N) is 3. The van der Waals surface area contributed by atoms with Crippen LogP contribution in [0.3, 0.4) is 0 Å². The Kier molecular flexibility index (Phi) is 3.99. The highest BCUT2D eigenvalue weighted by molar-refractivity contribution is 5.44. The van der Waals surface area contributed by atoms with Gasteiger partial charge in [0.05, 0.1) is 0 Å². The first-order chi connectivity index (χ1) is 10.1. The predicted molar refractivity (Wildman–Crippen MR) is 83.5 cm³/mol. The zero-order valence-corrected chi connectivity index (χ0v) is 12.8.